The molecule has 1 saturated heterocycles. The molecule has 0 bridgehead atoms. The first-order valence-corrected chi connectivity index (χ1v) is 12.5. The number of ether oxygens (including phenoxy) is 2. The summed E-state index contributed by atoms with van der Waals surface area (Å²) < 4.78 is 38.4. The molecular formula is C24H31N3O6S. The van der Waals surface area contributed by atoms with Crippen molar-refractivity contribution >= 4 is 33.4 Å². The van der Waals surface area contributed by atoms with Crippen LogP contribution in [0.4, 0.5) is 16.2 Å². The van der Waals surface area contributed by atoms with Gasteiger partial charge in [-0.25, -0.2) is 13.2 Å². The van der Waals surface area contributed by atoms with Gasteiger partial charge in [0.15, 0.2) is 0 Å². The van der Waals surface area contributed by atoms with Crippen LogP contribution in [0.1, 0.15) is 50.4 Å². The number of benzene rings is 2. The van der Waals surface area contributed by atoms with Crippen LogP contribution in [0.25, 0.3) is 0 Å². The Morgan fingerprint density at radius 3 is 2.26 bits per heavy atom. The molecule has 0 saturated carbocycles. The van der Waals surface area contributed by atoms with Crippen LogP contribution in [0, 0.1) is 0 Å². The standard InChI is InChI=1S/C24H31N3O6S/c1-24(2,3)33-23(29)26-18-10-8-9-17(15-18)22(28)25-19-11-12-20(32-4)21(16-19)34(30,31)27-13-6-5-7-14-27/h8-12,15-16H,5-7,13-14H2,1-4H3,(H,25,28)(H,26,29). The summed E-state index contributed by atoms with van der Waals surface area (Å²) in [6.07, 6.45) is 1.99. The number of hydrogen-bond acceptors (Lipinski definition) is 6. The molecule has 0 spiro atoms. The van der Waals surface area contributed by atoms with Gasteiger partial charge in [-0.15, -0.1) is 0 Å². The number of piperidine rings is 1. The molecule has 1 fully saturated rings. The Balaban J connectivity index is 1.79. The minimum Gasteiger partial charge on any atom is -0.495 e. The van der Waals surface area contributed by atoms with Gasteiger partial charge in [0.1, 0.15) is 16.2 Å². The third kappa shape index (κ3) is 6.48. The summed E-state index contributed by atoms with van der Waals surface area (Å²) in [6, 6.07) is 10.9. The molecule has 34 heavy (non-hydrogen) atoms. The van der Waals surface area contributed by atoms with Crippen molar-refractivity contribution in [2.75, 3.05) is 30.8 Å². The van der Waals surface area contributed by atoms with Gasteiger partial charge in [-0.2, -0.15) is 4.31 Å². The van der Waals surface area contributed by atoms with Crippen molar-refractivity contribution in [3.8, 4) is 5.75 Å². The van der Waals surface area contributed by atoms with E-state index in [1.54, 1.807) is 45.0 Å². The Hall–Kier alpha value is -3.11. The van der Waals surface area contributed by atoms with Gasteiger partial charge < -0.3 is 14.8 Å². The number of sulfonamides is 1. The Morgan fingerprint density at radius 2 is 1.62 bits per heavy atom. The lowest BCUT2D eigenvalue weighted by atomic mass is 10.2. The van der Waals surface area contributed by atoms with Crippen molar-refractivity contribution in [3.05, 3.63) is 48.0 Å². The Labute approximate surface area is 200 Å². The first-order valence-electron chi connectivity index (χ1n) is 11.1. The summed E-state index contributed by atoms with van der Waals surface area (Å²) in [5.74, 6) is -0.244. The highest BCUT2D eigenvalue weighted by atomic mass is 32.2. The van der Waals surface area contributed by atoms with Gasteiger partial charge in [-0.3, -0.25) is 10.1 Å². The predicted octanol–water partition coefficient (Wildman–Crippen LogP) is 4.47. The number of carbonyl (C=O) groups is 2. The maximum Gasteiger partial charge on any atom is 0.412 e. The largest absolute Gasteiger partial charge is 0.495 e. The van der Waals surface area contributed by atoms with Gasteiger partial charge in [-0.05, 0) is 70.0 Å². The fourth-order valence-corrected chi connectivity index (χ4v) is 5.26. The van der Waals surface area contributed by atoms with Gasteiger partial charge in [0.2, 0.25) is 10.0 Å². The maximum absolute atomic E-state index is 13.2. The smallest absolute Gasteiger partial charge is 0.412 e. The molecule has 2 aromatic rings. The van der Waals surface area contributed by atoms with E-state index in [1.807, 2.05) is 0 Å². The molecule has 0 atom stereocenters. The average Bonchev–Trinajstić information content (AvgIpc) is 2.78. The molecule has 2 aromatic carbocycles. The van der Waals surface area contributed by atoms with E-state index in [0.717, 1.165) is 19.3 Å². The number of nitrogens with zero attached hydrogens (tertiary/aromatic N) is 1. The third-order valence-corrected chi connectivity index (χ3v) is 7.04. The normalized spacial score (nSPS) is 14.8. The predicted molar refractivity (Wildman–Crippen MR) is 130 cm³/mol. The molecule has 10 heteroatoms. The van der Waals surface area contributed by atoms with Crippen LogP contribution in [-0.2, 0) is 14.8 Å². The number of carbonyl (C=O) groups excluding carboxylic acids is 2. The molecular weight excluding hydrogens is 458 g/mol. The van der Waals surface area contributed by atoms with Gasteiger partial charge in [0.25, 0.3) is 5.91 Å². The van der Waals surface area contributed by atoms with Gasteiger partial charge >= 0.3 is 6.09 Å². The topological polar surface area (TPSA) is 114 Å². The number of rotatable bonds is 6. The van der Waals surface area contributed by atoms with E-state index in [1.165, 1.54) is 29.6 Å². The lowest BCUT2D eigenvalue weighted by Crippen LogP contribution is -2.35. The molecule has 2 N–H and O–H groups in total. The Kier molecular flexibility index (Phi) is 7.83. The van der Waals surface area contributed by atoms with Crippen LogP contribution in [0.15, 0.2) is 47.4 Å². The van der Waals surface area contributed by atoms with E-state index >= 15 is 0 Å². The zero-order chi connectivity index (χ0) is 24.9. The monoisotopic (exact) mass is 489 g/mol. The highest BCUT2D eigenvalue weighted by Crippen LogP contribution is 2.31. The fourth-order valence-electron chi connectivity index (χ4n) is 3.56. The van der Waals surface area contributed by atoms with Crippen LogP contribution in [-0.4, -0.2) is 50.5 Å². The van der Waals surface area contributed by atoms with E-state index in [0.29, 0.717) is 24.5 Å². The van der Waals surface area contributed by atoms with Gasteiger partial charge in [0.05, 0.1) is 7.11 Å². The minimum atomic E-state index is -3.77. The average molecular weight is 490 g/mol. The summed E-state index contributed by atoms with van der Waals surface area (Å²) in [7, 11) is -2.36. The first-order chi connectivity index (χ1) is 16.0. The van der Waals surface area contributed by atoms with Crippen LogP contribution >= 0.6 is 0 Å². The molecule has 0 radical (unpaired) electrons. The molecule has 2 amide bonds. The summed E-state index contributed by atoms with van der Waals surface area (Å²) in [5.41, 5.74) is 0.335. The van der Waals surface area contributed by atoms with E-state index < -0.39 is 27.6 Å². The molecule has 1 aliphatic rings. The van der Waals surface area contributed by atoms with E-state index in [-0.39, 0.29) is 16.2 Å². The van der Waals surface area contributed by atoms with Crippen molar-refractivity contribution in [1.82, 2.24) is 4.31 Å². The highest BCUT2D eigenvalue weighted by molar-refractivity contribution is 7.89. The first kappa shape index (κ1) is 25.5. The second kappa shape index (κ2) is 10.4. The van der Waals surface area contributed by atoms with Gasteiger partial charge in [0, 0.05) is 30.0 Å². The molecule has 0 aliphatic carbocycles. The number of amides is 2. The van der Waals surface area contributed by atoms with Crippen LogP contribution in [0.5, 0.6) is 5.75 Å². The SMILES string of the molecule is COc1ccc(NC(=O)c2cccc(NC(=O)OC(C)(C)C)c2)cc1S(=O)(=O)N1CCCCC1. The zero-order valence-electron chi connectivity index (χ0n) is 19.9. The summed E-state index contributed by atoms with van der Waals surface area (Å²) in [6.45, 7) is 6.18. The second-order valence-electron chi connectivity index (χ2n) is 8.99. The number of methoxy groups -OCH3 is 1. The quantitative estimate of drug-likeness (QED) is 0.619. The summed E-state index contributed by atoms with van der Waals surface area (Å²) in [4.78, 5) is 24.9. The lowest BCUT2D eigenvalue weighted by molar-refractivity contribution is 0.0635. The number of nitrogens with one attached hydrogen (secondary N) is 2. The van der Waals surface area contributed by atoms with E-state index in [9.17, 15) is 18.0 Å². The molecule has 1 heterocycles. The number of hydrogen-bond donors (Lipinski definition) is 2. The van der Waals surface area contributed by atoms with E-state index in [4.69, 9.17) is 9.47 Å². The third-order valence-electron chi connectivity index (χ3n) is 5.12. The van der Waals surface area contributed by atoms with Crippen molar-refractivity contribution < 1.29 is 27.5 Å². The summed E-state index contributed by atoms with van der Waals surface area (Å²) in [5, 5.41) is 5.32. The van der Waals surface area contributed by atoms with Crippen molar-refractivity contribution in [1.29, 1.82) is 0 Å². The van der Waals surface area contributed by atoms with Crippen LogP contribution in [0.3, 0.4) is 0 Å². The second-order valence-corrected chi connectivity index (χ2v) is 10.9. The lowest BCUT2D eigenvalue weighted by Gasteiger charge is -2.26. The number of anilines is 2. The Morgan fingerprint density at radius 1 is 0.941 bits per heavy atom. The fraction of sp³-hybridized carbons (Fsp3) is 0.417. The van der Waals surface area contributed by atoms with Crippen molar-refractivity contribution in [3.63, 3.8) is 0 Å². The Bertz CT molecular complexity index is 1150. The molecule has 3 rings (SSSR count). The maximum atomic E-state index is 13.2. The minimum absolute atomic E-state index is 0.00930. The van der Waals surface area contributed by atoms with Crippen molar-refractivity contribution in [2.24, 2.45) is 0 Å². The molecule has 9 nitrogen and oxygen atoms in total. The van der Waals surface area contributed by atoms with Gasteiger partial charge in [-0.1, -0.05) is 12.5 Å². The van der Waals surface area contributed by atoms with Crippen LogP contribution in [0.2, 0.25) is 0 Å². The molecule has 1 aliphatic heterocycles. The molecule has 0 unspecified atom stereocenters. The van der Waals surface area contributed by atoms with E-state index in [2.05, 4.69) is 10.6 Å². The molecule has 0 aromatic heterocycles. The van der Waals surface area contributed by atoms with Crippen LogP contribution < -0.4 is 15.4 Å². The molecule has 184 valence electrons. The van der Waals surface area contributed by atoms with Crippen molar-refractivity contribution in [2.45, 2.75) is 50.5 Å². The zero-order valence-corrected chi connectivity index (χ0v) is 20.7. The summed E-state index contributed by atoms with van der Waals surface area (Å²) >= 11 is 0. The highest BCUT2D eigenvalue weighted by Gasteiger charge is 2.29.